The fraction of sp³-hybridized carbons (Fsp3) is 0. The van der Waals surface area contributed by atoms with Crippen molar-refractivity contribution in [1.29, 1.82) is 0 Å². The summed E-state index contributed by atoms with van der Waals surface area (Å²) < 4.78 is 9.04. The fourth-order valence-electron chi connectivity index (χ4n) is 7.07. The van der Waals surface area contributed by atoms with Crippen LogP contribution < -0.4 is 0 Å². The molecule has 3 aromatic heterocycles. The summed E-state index contributed by atoms with van der Waals surface area (Å²) in [7, 11) is 0. The number of furan rings is 1. The van der Waals surface area contributed by atoms with Crippen LogP contribution in [-0.4, -0.2) is 15.0 Å². The summed E-state index contributed by atoms with van der Waals surface area (Å²) in [5.41, 5.74) is 8.85. The maximum Gasteiger partial charge on any atom is 0.165 e. The van der Waals surface area contributed by atoms with Crippen LogP contribution in [0.25, 0.3) is 98.5 Å². The van der Waals surface area contributed by atoms with Crippen LogP contribution in [0.2, 0.25) is 0 Å². The third-order valence-electron chi connectivity index (χ3n) is 9.38. The number of hydrogen-bond donors (Lipinski definition) is 0. The molecule has 0 amide bonds. The van der Waals surface area contributed by atoms with Gasteiger partial charge in [0.15, 0.2) is 17.5 Å². The minimum Gasteiger partial charge on any atom is -0.455 e. The Bertz CT molecular complexity index is 2870. The minimum atomic E-state index is 0.621. The van der Waals surface area contributed by atoms with Crippen molar-refractivity contribution in [2.45, 2.75) is 0 Å². The number of para-hydroxylation sites is 1. The van der Waals surface area contributed by atoms with Gasteiger partial charge in [-0.2, -0.15) is 0 Å². The predicted molar refractivity (Wildman–Crippen MR) is 207 cm³/mol. The van der Waals surface area contributed by atoms with Crippen molar-refractivity contribution in [3.05, 3.63) is 164 Å². The topological polar surface area (TPSA) is 51.8 Å². The Morgan fingerprint density at radius 2 is 0.960 bits per heavy atom. The molecule has 10 aromatic rings. The van der Waals surface area contributed by atoms with Gasteiger partial charge < -0.3 is 4.42 Å². The predicted octanol–water partition coefficient (Wildman–Crippen LogP) is 12.5. The van der Waals surface area contributed by atoms with Gasteiger partial charge in [-0.25, -0.2) is 15.0 Å². The van der Waals surface area contributed by atoms with E-state index in [1.807, 2.05) is 36.4 Å². The molecule has 4 nitrogen and oxygen atoms in total. The van der Waals surface area contributed by atoms with E-state index >= 15 is 0 Å². The third-order valence-corrected chi connectivity index (χ3v) is 10.6. The number of thiophene rings is 1. The molecule has 3 heterocycles. The fourth-order valence-corrected chi connectivity index (χ4v) is 8.28. The van der Waals surface area contributed by atoms with Crippen LogP contribution in [0.15, 0.2) is 168 Å². The molecule has 234 valence electrons. The second-order valence-electron chi connectivity index (χ2n) is 12.3. The molecule has 0 unspecified atom stereocenters. The van der Waals surface area contributed by atoms with Crippen LogP contribution in [0.3, 0.4) is 0 Å². The first kappa shape index (κ1) is 28.6. The second-order valence-corrected chi connectivity index (χ2v) is 13.4. The molecule has 0 aliphatic carbocycles. The van der Waals surface area contributed by atoms with Crippen molar-refractivity contribution in [2.75, 3.05) is 0 Å². The molecular weight excluding hydrogens is 631 g/mol. The van der Waals surface area contributed by atoms with Crippen LogP contribution in [0, 0.1) is 0 Å². The lowest BCUT2D eigenvalue weighted by Gasteiger charge is -2.14. The van der Waals surface area contributed by atoms with Crippen LogP contribution in [0.1, 0.15) is 0 Å². The molecule has 0 aliphatic heterocycles. The normalized spacial score (nSPS) is 11.6. The summed E-state index contributed by atoms with van der Waals surface area (Å²) in [6.07, 6.45) is 0. The van der Waals surface area contributed by atoms with Gasteiger partial charge in [0.1, 0.15) is 11.2 Å². The van der Waals surface area contributed by atoms with Gasteiger partial charge in [-0.15, -0.1) is 11.3 Å². The van der Waals surface area contributed by atoms with Crippen molar-refractivity contribution in [2.24, 2.45) is 0 Å². The summed E-state index contributed by atoms with van der Waals surface area (Å²) in [6, 6.07) is 56.6. The van der Waals surface area contributed by atoms with E-state index in [2.05, 4.69) is 127 Å². The van der Waals surface area contributed by atoms with Gasteiger partial charge in [0.25, 0.3) is 0 Å². The molecule has 0 bridgehead atoms. The third kappa shape index (κ3) is 4.63. The lowest BCUT2D eigenvalue weighted by Crippen LogP contribution is -2.01. The number of benzene rings is 7. The Balaban J connectivity index is 1.23. The zero-order valence-electron chi connectivity index (χ0n) is 26.7. The zero-order valence-corrected chi connectivity index (χ0v) is 27.6. The largest absolute Gasteiger partial charge is 0.455 e. The molecule has 0 fully saturated rings. The van der Waals surface area contributed by atoms with E-state index in [0.29, 0.717) is 17.5 Å². The molecule has 0 radical (unpaired) electrons. The monoisotopic (exact) mass is 657 g/mol. The quantitative estimate of drug-likeness (QED) is 0.185. The molecule has 0 saturated carbocycles. The van der Waals surface area contributed by atoms with Gasteiger partial charge >= 0.3 is 0 Å². The highest BCUT2D eigenvalue weighted by Gasteiger charge is 2.22. The van der Waals surface area contributed by atoms with Crippen molar-refractivity contribution < 1.29 is 4.42 Å². The number of aromatic nitrogens is 3. The standard InChI is InChI=1S/C45H27N3OS/c1-3-14-28(15-4-1)30-26-27-33(40-36-21-9-11-24-38(36)49-41(30)40)31-18-7-8-20-35(31)44-46-43(29-16-5-2-6-17-29)47-45(48-44)37-23-13-22-34-32-19-10-12-25-39(32)50-42(34)37/h1-27H. The average molecular weight is 658 g/mol. The maximum atomic E-state index is 6.63. The van der Waals surface area contributed by atoms with Crippen molar-refractivity contribution in [3.63, 3.8) is 0 Å². The number of nitrogens with zero attached hydrogens (tertiary/aromatic N) is 3. The van der Waals surface area contributed by atoms with E-state index in [-0.39, 0.29) is 0 Å². The van der Waals surface area contributed by atoms with Gasteiger partial charge in [-0.3, -0.25) is 0 Å². The number of fused-ring (bicyclic) bond motifs is 6. The lowest BCUT2D eigenvalue weighted by molar-refractivity contribution is 0.670. The van der Waals surface area contributed by atoms with Gasteiger partial charge in [0, 0.05) is 53.2 Å². The number of rotatable bonds is 5. The molecule has 5 heteroatoms. The van der Waals surface area contributed by atoms with Gasteiger partial charge in [0.05, 0.1) is 0 Å². The van der Waals surface area contributed by atoms with Gasteiger partial charge in [-0.1, -0.05) is 140 Å². The van der Waals surface area contributed by atoms with E-state index in [1.165, 1.54) is 20.2 Å². The second kappa shape index (κ2) is 11.6. The molecule has 0 aliphatic rings. The van der Waals surface area contributed by atoms with Crippen molar-refractivity contribution >= 4 is 53.4 Å². The molecule has 10 rings (SSSR count). The Morgan fingerprint density at radius 3 is 1.78 bits per heavy atom. The Kier molecular flexibility index (Phi) is 6.64. The Hall–Kier alpha value is -6.43. The Labute approximate surface area is 292 Å². The SMILES string of the molecule is c1ccc(-c2nc(-c3ccccc3-c3ccc(-c4ccccc4)c4oc5ccccc5c34)nc(-c3cccc4c3sc3ccccc34)n2)cc1. The first-order chi connectivity index (χ1) is 24.8. The highest BCUT2D eigenvalue weighted by atomic mass is 32.1. The molecule has 0 spiro atoms. The average Bonchev–Trinajstić information content (AvgIpc) is 3.77. The van der Waals surface area contributed by atoms with Crippen molar-refractivity contribution in [3.8, 4) is 56.4 Å². The molecule has 0 N–H and O–H groups in total. The van der Waals surface area contributed by atoms with Crippen LogP contribution in [0.5, 0.6) is 0 Å². The smallest absolute Gasteiger partial charge is 0.165 e. The molecule has 7 aromatic carbocycles. The molecule has 50 heavy (non-hydrogen) atoms. The van der Waals surface area contributed by atoms with Gasteiger partial charge in [-0.05, 0) is 41.0 Å². The van der Waals surface area contributed by atoms with E-state index in [0.717, 1.165) is 60.9 Å². The van der Waals surface area contributed by atoms with Crippen molar-refractivity contribution in [1.82, 2.24) is 15.0 Å². The summed E-state index contributed by atoms with van der Waals surface area (Å²) in [6.45, 7) is 0. The van der Waals surface area contributed by atoms with Crippen LogP contribution >= 0.6 is 11.3 Å². The Morgan fingerprint density at radius 1 is 0.380 bits per heavy atom. The van der Waals surface area contributed by atoms with E-state index < -0.39 is 0 Å². The van der Waals surface area contributed by atoms with E-state index in [9.17, 15) is 0 Å². The zero-order chi connectivity index (χ0) is 33.0. The first-order valence-electron chi connectivity index (χ1n) is 16.6. The summed E-state index contributed by atoms with van der Waals surface area (Å²) in [5, 5.41) is 4.59. The number of hydrogen-bond acceptors (Lipinski definition) is 5. The van der Waals surface area contributed by atoms with Crippen LogP contribution in [-0.2, 0) is 0 Å². The maximum absolute atomic E-state index is 6.63. The summed E-state index contributed by atoms with van der Waals surface area (Å²) >= 11 is 1.78. The summed E-state index contributed by atoms with van der Waals surface area (Å²) in [5.74, 6) is 1.91. The van der Waals surface area contributed by atoms with E-state index in [4.69, 9.17) is 19.4 Å². The first-order valence-corrected chi connectivity index (χ1v) is 17.4. The van der Waals surface area contributed by atoms with E-state index in [1.54, 1.807) is 11.3 Å². The summed E-state index contributed by atoms with van der Waals surface area (Å²) in [4.78, 5) is 15.5. The highest BCUT2D eigenvalue weighted by molar-refractivity contribution is 7.26. The lowest BCUT2D eigenvalue weighted by atomic mass is 9.92. The molecule has 0 saturated heterocycles. The molecular formula is C45H27N3OS. The highest BCUT2D eigenvalue weighted by Crippen LogP contribution is 2.44. The minimum absolute atomic E-state index is 0.621. The molecule has 0 atom stereocenters. The van der Waals surface area contributed by atoms with Gasteiger partial charge in [0.2, 0.25) is 0 Å². The van der Waals surface area contributed by atoms with Crippen LogP contribution in [0.4, 0.5) is 0 Å².